The van der Waals surface area contributed by atoms with Crippen molar-refractivity contribution in [3.63, 3.8) is 0 Å². The zero-order valence-electron chi connectivity index (χ0n) is 16.6. The quantitative estimate of drug-likeness (QED) is 0.471. The van der Waals surface area contributed by atoms with Crippen LogP contribution in [-0.2, 0) is 0 Å². The second-order valence-electron chi connectivity index (χ2n) is 7.53. The summed E-state index contributed by atoms with van der Waals surface area (Å²) >= 11 is 0. The van der Waals surface area contributed by atoms with Gasteiger partial charge in [-0.05, 0) is 69.6 Å². The van der Waals surface area contributed by atoms with E-state index < -0.39 is 0 Å². The van der Waals surface area contributed by atoms with Gasteiger partial charge in [-0.3, -0.25) is 4.98 Å². The molecule has 0 bridgehead atoms. The van der Waals surface area contributed by atoms with Gasteiger partial charge >= 0.3 is 0 Å². The number of aryl methyl sites for hydroxylation is 1. The Kier molecular flexibility index (Phi) is 4.81. The molecule has 0 atom stereocenters. The highest BCUT2D eigenvalue weighted by Gasteiger charge is 2.14. The van der Waals surface area contributed by atoms with Crippen LogP contribution in [0.3, 0.4) is 0 Å². The third kappa shape index (κ3) is 3.53. The van der Waals surface area contributed by atoms with Gasteiger partial charge in [-0.25, -0.2) is 0 Å². The number of hydrogen-bond donors (Lipinski definition) is 0. The molecule has 1 saturated heterocycles. The van der Waals surface area contributed by atoms with Gasteiger partial charge in [0, 0.05) is 35.3 Å². The fraction of sp³-hybridized carbons (Fsp3) is 0.364. The molecule has 1 aliphatic heterocycles. The Labute approximate surface area is 169 Å². The van der Waals surface area contributed by atoms with Gasteiger partial charge in [0.15, 0.2) is 11.5 Å². The number of fused-ring (bicyclic) bond motifs is 3. The van der Waals surface area contributed by atoms with E-state index in [1.54, 1.807) is 10.7 Å². The number of pyridine rings is 1. The molecule has 3 aromatic heterocycles. The van der Waals surface area contributed by atoms with Crippen LogP contribution in [0.1, 0.15) is 25.1 Å². The lowest BCUT2D eigenvalue weighted by atomic mass is 10.1. The van der Waals surface area contributed by atoms with Crippen molar-refractivity contribution in [2.45, 2.75) is 26.2 Å². The molecule has 29 heavy (non-hydrogen) atoms. The van der Waals surface area contributed by atoms with E-state index in [9.17, 15) is 0 Å². The summed E-state index contributed by atoms with van der Waals surface area (Å²) in [5, 5.41) is 15.2. The van der Waals surface area contributed by atoms with Gasteiger partial charge in [0.25, 0.3) is 0 Å². The third-order valence-electron chi connectivity index (χ3n) is 5.53. The van der Waals surface area contributed by atoms with Crippen molar-refractivity contribution in [1.29, 1.82) is 0 Å². The summed E-state index contributed by atoms with van der Waals surface area (Å²) in [6, 6.07) is 10.1. The molecule has 1 aromatic carbocycles. The van der Waals surface area contributed by atoms with Crippen LogP contribution in [-0.4, -0.2) is 55.9 Å². The van der Waals surface area contributed by atoms with Gasteiger partial charge in [-0.2, -0.15) is 9.61 Å². The topological polar surface area (TPSA) is 68.4 Å². The summed E-state index contributed by atoms with van der Waals surface area (Å²) in [5.74, 6) is 1.65. The van der Waals surface area contributed by atoms with E-state index in [0.717, 1.165) is 58.8 Å². The highest BCUT2D eigenvalue weighted by molar-refractivity contribution is 6.00. The molecule has 0 spiro atoms. The Hall–Kier alpha value is -3.06. The van der Waals surface area contributed by atoms with Gasteiger partial charge in [0.1, 0.15) is 5.75 Å². The molecule has 0 saturated carbocycles. The van der Waals surface area contributed by atoms with Crippen molar-refractivity contribution in [2.24, 2.45) is 0 Å². The van der Waals surface area contributed by atoms with Crippen molar-refractivity contribution < 1.29 is 4.74 Å². The molecule has 7 nitrogen and oxygen atoms in total. The van der Waals surface area contributed by atoms with E-state index in [1.165, 1.54) is 25.9 Å². The van der Waals surface area contributed by atoms with Crippen molar-refractivity contribution in [3.8, 4) is 17.0 Å². The van der Waals surface area contributed by atoms with E-state index in [2.05, 4.69) is 32.2 Å². The van der Waals surface area contributed by atoms with Crippen LogP contribution in [0.25, 0.3) is 27.7 Å². The van der Waals surface area contributed by atoms with Gasteiger partial charge in [-0.15, -0.1) is 10.2 Å². The number of nitrogens with zero attached hydrogens (tertiary/aromatic N) is 6. The Bertz CT molecular complexity index is 1130. The molecule has 5 rings (SSSR count). The largest absolute Gasteiger partial charge is 0.494 e. The van der Waals surface area contributed by atoms with Crippen LogP contribution in [0.2, 0.25) is 0 Å². The summed E-state index contributed by atoms with van der Waals surface area (Å²) in [6.45, 7) is 6.25. The number of likely N-dealkylation sites (tertiary alicyclic amines) is 1. The minimum atomic E-state index is 0.729. The second-order valence-corrected chi connectivity index (χ2v) is 7.53. The molecule has 7 heteroatoms. The fourth-order valence-electron chi connectivity index (χ4n) is 3.99. The average Bonchev–Trinajstić information content (AvgIpc) is 3.41. The molecular weight excluding hydrogens is 364 g/mol. The number of rotatable bonds is 6. The Morgan fingerprint density at radius 2 is 1.83 bits per heavy atom. The lowest BCUT2D eigenvalue weighted by Gasteiger charge is -2.14. The van der Waals surface area contributed by atoms with Gasteiger partial charge in [0.05, 0.1) is 12.3 Å². The van der Waals surface area contributed by atoms with Crippen LogP contribution in [0.15, 0.2) is 42.7 Å². The van der Waals surface area contributed by atoms with E-state index in [-0.39, 0.29) is 0 Å². The molecule has 0 radical (unpaired) electrons. The van der Waals surface area contributed by atoms with Crippen LogP contribution >= 0.6 is 0 Å². The molecule has 0 aliphatic carbocycles. The molecule has 0 N–H and O–H groups in total. The predicted octanol–water partition coefficient (Wildman–Crippen LogP) is 3.51. The maximum Gasteiger partial charge on any atom is 0.187 e. The summed E-state index contributed by atoms with van der Waals surface area (Å²) in [5.41, 5.74) is 2.64. The molecule has 148 valence electrons. The summed E-state index contributed by atoms with van der Waals surface area (Å²) in [4.78, 5) is 6.77. The van der Waals surface area contributed by atoms with Crippen molar-refractivity contribution in [3.05, 3.63) is 48.5 Å². The van der Waals surface area contributed by atoms with Crippen molar-refractivity contribution >= 4 is 16.4 Å². The predicted molar refractivity (Wildman–Crippen MR) is 112 cm³/mol. The zero-order valence-corrected chi connectivity index (χ0v) is 16.6. The first kappa shape index (κ1) is 18.0. The maximum absolute atomic E-state index is 5.94. The second kappa shape index (κ2) is 7.75. The SMILES string of the molecule is Cc1nnc2c3cnccc3c(-c3ccc(OCCCN4CCCC4)cc3)nn12. The highest BCUT2D eigenvalue weighted by atomic mass is 16.5. The molecule has 1 fully saturated rings. The minimum absolute atomic E-state index is 0.729. The van der Waals surface area contributed by atoms with Crippen molar-refractivity contribution in [2.75, 3.05) is 26.2 Å². The zero-order chi connectivity index (χ0) is 19.6. The molecule has 4 aromatic rings. The standard InChI is InChI=1S/C22H24N6O/c1-16-24-25-22-20-15-23-10-9-19(20)21(26-28(16)22)17-5-7-18(8-6-17)29-14-4-13-27-11-2-3-12-27/h5-10,15H,2-4,11-14H2,1H3. The molecule has 4 heterocycles. The maximum atomic E-state index is 5.94. The van der Waals surface area contributed by atoms with Gasteiger partial charge < -0.3 is 9.64 Å². The van der Waals surface area contributed by atoms with Gasteiger partial charge in [-0.1, -0.05) is 0 Å². The smallest absolute Gasteiger partial charge is 0.187 e. The van der Waals surface area contributed by atoms with E-state index >= 15 is 0 Å². The molecule has 1 aliphatic rings. The summed E-state index contributed by atoms with van der Waals surface area (Å²) in [7, 11) is 0. The van der Waals surface area contributed by atoms with Crippen LogP contribution < -0.4 is 4.74 Å². The Morgan fingerprint density at radius 3 is 2.66 bits per heavy atom. The summed E-state index contributed by atoms with van der Waals surface area (Å²) in [6.07, 6.45) is 7.33. The first-order chi connectivity index (χ1) is 14.3. The average molecular weight is 388 g/mol. The minimum Gasteiger partial charge on any atom is -0.494 e. The lowest BCUT2D eigenvalue weighted by molar-refractivity contribution is 0.263. The van der Waals surface area contributed by atoms with Gasteiger partial charge in [0.2, 0.25) is 0 Å². The molecular formula is C22H24N6O. The number of benzene rings is 1. The van der Waals surface area contributed by atoms with E-state index in [0.29, 0.717) is 0 Å². The van der Waals surface area contributed by atoms with E-state index in [4.69, 9.17) is 9.84 Å². The third-order valence-corrected chi connectivity index (χ3v) is 5.53. The number of ether oxygens (including phenoxy) is 1. The lowest BCUT2D eigenvalue weighted by Crippen LogP contribution is -2.21. The monoisotopic (exact) mass is 388 g/mol. The Morgan fingerprint density at radius 1 is 1.00 bits per heavy atom. The first-order valence-corrected chi connectivity index (χ1v) is 10.2. The fourth-order valence-corrected chi connectivity index (χ4v) is 3.99. The highest BCUT2D eigenvalue weighted by Crippen LogP contribution is 2.29. The van der Waals surface area contributed by atoms with Crippen LogP contribution in [0.5, 0.6) is 5.75 Å². The van der Waals surface area contributed by atoms with E-state index in [1.807, 2.05) is 31.3 Å². The molecule has 0 unspecified atom stereocenters. The first-order valence-electron chi connectivity index (χ1n) is 10.2. The van der Waals surface area contributed by atoms with Crippen LogP contribution in [0, 0.1) is 6.92 Å². The number of hydrogen-bond acceptors (Lipinski definition) is 6. The van der Waals surface area contributed by atoms with Crippen LogP contribution in [0.4, 0.5) is 0 Å². The normalized spacial score (nSPS) is 14.8. The number of aromatic nitrogens is 5. The molecule has 0 amide bonds. The summed E-state index contributed by atoms with van der Waals surface area (Å²) < 4.78 is 7.72. The van der Waals surface area contributed by atoms with Crippen molar-refractivity contribution in [1.82, 2.24) is 29.7 Å². The Balaban J connectivity index is 1.36.